The topological polar surface area (TPSA) is 22.1 Å². The maximum atomic E-state index is 12.5. The molecule has 0 atom stereocenters. The van der Waals surface area contributed by atoms with Crippen molar-refractivity contribution in [2.75, 3.05) is 0 Å². The van der Waals surface area contributed by atoms with Gasteiger partial charge in [-0.1, -0.05) is 17.7 Å². The number of alkyl halides is 3. The van der Waals surface area contributed by atoms with Crippen LogP contribution in [0.5, 0.6) is 11.6 Å². The summed E-state index contributed by atoms with van der Waals surface area (Å²) in [5, 5.41) is -0.181. The van der Waals surface area contributed by atoms with E-state index in [-0.39, 0.29) is 10.9 Å². The van der Waals surface area contributed by atoms with Gasteiger partial charge in [0.1, 0.15) is 10.8 Å². The Hall–Kier alpha value is -1.75. The Kier molecular flexibility index (Phi) is 3.90. The number of halogens is 4. The number of pyridine rings is 1. The third-order valence-corrected chi connectivity index (χ3v) is 2.82. The highest BCUT2D eigenvalue weighted by Crippen LogP contribution is 2.34. The van der Waals surface area contributed by atoms with Gasteiger partial charge in [0.25, 0.3) is 0 Å². The second kappa shape index (κ2) is 5.32. The molecule has 0 saturated heterocycles. The number of nitrogens with zero attached hydrogens (tertiary/aromatic N) is 1. The zero-order valence-corrected chi connectivity index (χ0v) is 11.5. The summed E-state index contributed by atoms with van der Waals surface area (Å²) in [5.41, 5.74) is 1.04. The first kappa shape index (κ1) is 14.7. The van der Waals surface area contributed by atoms with Crippen molar-refractivity contribution in [2.45, 2.75) is 20.0 Å². The Morgan fingerprint density at radius 2 is 1.65 bits per heavy atom. The van der Waals surface area contributed by atoms with Crippen molar-refractivity contribution < 1.29 is 17.9 Å². The predicted octanol–water partition coefficient (Wildman–Crippen LogP) is 5.16. The van der Waals surface area contributed by atoms with E-state index in [4.69, 9.17) is 16.3 Å². The first-order valence-corrected chi connectivity index (χ1v) is 6.12. The van der Waals surface area contributed by atoms with Crippen LogP contribution in [0.4, 0.5) is 13.2 Å². The highest BCUT2D eigenvalue weighted by molar-refractivity contribution is 6.31. The molecule has 2 rings (SSSR count). The van der Waals surface area contributed by atoms with E-state index in [0.717, 1.165) is 17.2 Å². The van der Waals surface area contributed by atoms with Crippen LogP contribution in [0.15, 0.2) is 30.5 Å². The van der Waals surface area contributed by atoms with E-state index in [1.165, 1.54) is 0 Å². The summed E-state index contributed by atoms with van der Waals surface area (Å²) in [4.78, 5) is 3.63. The molecule has 0 aliphatic carbocycles. The van der Waals surface area contributed by atoms with Crippen LogP contribution in [-0.2, 0) is 6.18 Å². The summed E-state index contributed by atoms with van der Waals surface area (Å²) in [7, 11) is 0. The molecule has 0 aliphatic rings. The molecule has 0 unspecified atom stereocenters. The molecule has 1 aromatic carbocycles. The molecule has 0 bridgehead atoms. The van der Waals surface area contributed by atoms with E-state index in [0.29, 0.717) is 11.9 Å². The monoisotopic (exact) mass is 301 g/mol. The van der Waals surface area contributed by atoms with Crippen LogP contribution in [0.25, 0.3) is 0 Å². The lowest BCUT2D eigenvalue weighted by atomic mass is 10.1. The Morgan fingerprint density at radius 1 is 1.05 bits per heavy atom. The second-order valence-electron chi connectivity index (χ2n) is 4.43. The van der Waals surface area contributed by atoms with Gasteiger partial charge < -0.3 is 4.74 Å². The molecular formula is C14H11ClF3NO. The number of ether oxygens (including phenoxy) is 1. The number of hydrogen-bond donors (Lipinski definition) is 0. The summed E-state index contributed by atoms with van der Waals surface area (Å²) in [6.07, 6.45) is -3.78. The molecule has 2 aromatic rings. The first-order chi connectivity index (χ1) is 9.25. The fourth-order valence-electron chi connectivity index (χ4n) is 1.76. The lowest BCUT2D eigenvalue weighted by molar-refractivity contribution is -0.137. The van der Waals surface area contributed by atoms with Gasteiger partial charge in [0, 0.05) is 6.20 Å². The van der Waals surface area contributed by atoms with Gasteiger partial charge in [0.05, 0.1) is 5.56 Å². The summed E-state index contributed by atoms with van der Waals surface area (Å²) in [5.74, 6) is 0.432. The Balaban J connectivity index is 2.30. The van der Waals surface area contributed by atoms with Crippen molar-refractivity contribution in [2.24, 2.45) is 0 Å². The molecule has 1 aromatic heterocycles. The van der Waals surface area contributed by atoms with E-state index in [2.05, 4.69) is 4.98 Å². The van der Waals surface area contributed by atoms with Crippen molar-refractivity contribution in [1.29, 1.82) is 0 Å². The molecule has 0 aliphatic heterocycles. The smallest absolute Gasteiger partial charge is 0.417 e. The molecule has 6 heteroatoms. The highest BCUT2D eigenvalue weighted by Gasteiger charge is 2.31. The van der Waals surface area contributed by atoms with Crippen molar-refractivity contribution in [1.82, 2.24) is 4.98 Å². The van der Waals surface area contributed by atoms with Gasteiger partial charge in [-0.05, 0) is 43.2 Å². The van der Waals surface area contributed by atoms with Crippen LogP contribution < -0.4 is 4.74 Å². The van der Waals surface area contributed by atoms with E-state index in [1.54, 1.807) is 12.1 Å². The minimum atomic E-state index is -4.48. The number of benzene rings is 1. The van der Waals surface area contributed by atoms with Gasteiger partial charge >= 0.3 is 6.18 Å². The summed E-state index contributed by atoms with van der Waals surface area (Å²) >= 11 is 5.78. The standard InChI is InChI=1S/C14H11ClF3NO/c1-8-3-9(2)5-11(4-8)20-13-12(15)6-10(7-19-13)14(16,17)18/h3-7H,1-2H3. The maximum Gasteiger partial charge on any atom is 0.417 e. The molecule has 0 N–H and O–H groups in total. The van der Waals surface area contributed by atoms with E-state index < -0.39 is 11.7 Å². The molecule has 0 amide bonds. The van der Waals surface area contributed by atoms with E-state index in [9.17, 15) is 13.2 Å². The van der Waals surface area contributed by atoms with Crippen LogP contribution in [-0.4, -0.2) is 4.98 Å². The van der Waals surface area contributed by atoms with Crippen molar-refractivity contribution >= 4 is 11.6 Å². The van der Waals surface area contributed by atoms with Gasteiger partial charge in [-0.2, -0.15) is 13.2 Å². The molecule has 0 saturated carbocycles. The van der Waals surface area contributed by atoms with Crippen LogP contribution in [0.1, 0.15) is 16.7 Å². The number of hydrogen-bond acceptors (Lipinski definition) is 2. The number of rotatable bonds is 2. The molecule has 106 valence electrons. The minimum Gasteiger partial charge on any atom is -0.438 e. The molecule has 0 radical (unpaired) electrons. The lowest BCUT2D eigenvalue weighted by Crippen LogP contribution is -2.05. The molecule has 1 heterocycles. The maximum absolute atomic E-state index is 12.5. The lowest BCUT2D eigenvalue weighted by Gasteiger charge is -2.11. The van der Waals surface area contributed by atoms with Gasteiger partial charge in [-0.25, -0.2) is 4.98 Å². The third-order valence-electron chi connectivity index (χ3n) is 2.54. The average molecular weight is 302 g/mol. The highest BCUT2D eigenvalue weighted by atomic mass is 35.5. The molecular weight excluding hydrogens is 291 g/mol. The average Bonchev–Trinajstić information content (AvgIpc) is 2.29. The molecule has 2 nitrogen and oxygen atoms in total. The van der Waals surface area contributed by atoms with Crippen molar-refractivity contribution in [3.05, 3.63) is 52.2 Å². The number of aromatic nitrogens is 1. The molecule has 0 spiro atoms. The van der Waals surface area contributed by atoms with Gasteiger partial charge in [-0.3, -0.25) is 0 Å². The summed E-state index contributed by atoms with van der Waals surface area (Å²) in [6.45, 7) is 3.78. The normalized spacial score (nSPS) is 11.5. The molecule has 20 heavy (non-hydrogen) atoms. The van der Waals surface area contributed by atoms with Gasteiger partial charge in [0.15, 0.2) is 0 Å². The fourth-order valence-corrected chi connectivity index (χ4v) is 1.96. The summed E-state index contributed by atoms with van der Waals surface area (Å²) in [6, 6.07) is 6.26. The third kappa shape index (κ3) is 3.42. The zero-order valence-electron chi connectivity index (χ0n) is 10.8. The number of aryl methyl sites for hydroxylation is 2. The van der Waals surface area contributed by atoms with Gasteiger partial charge in [0.2, 0.25) is 5.88 Å². The SMILES string of the molecule is Cc1cc(C)cc(Oc2ncc(C(F)(F)F)cc2Cl)c1. The van der Waals surface area contributed by atoms with Crippen LogP contribution in [0.3, 0.4) is 0 Å². The Labute approximate surface area is 119 Å². The largest absolute Gasteiger partial charge is 0.438 e. The predicted molar refractivity (Wildman–Crippen MR) is 70.2 cm³/mol. The molecule has 0 fully saturated rings. The van der Waals surface area contributed by atoms with E-state index >= 15 is 0 Å². The van der Waals surface area contributed by atoms with E-state index in [1.807, 2.05) is 19.9 Å². The summed E-state index contributed by atoms with van der Waals surface area (Å²) < 4.78 is 42.9. The first-order valence-electron chi connectivity index (χ1n) is 5.74. The van der Waals surface area contributed by atoms with Crippen LogP contribution >= 0.6 is 11.6 Å². The Bertz CT molecular complexity index is 621. The minimum absolute atomic E-state index is 0.0512. The van der Waals surface area contributed by atoms with Crippen LogP contribution in [0, 0.1) is 13.8 Å². The zero-order chi connectivity index (χ0) is 14.9. The second-order valence-corrected chi connectivity index (χ2v) is 4.84. The quantitative estimate of drug-likeness (QED) is 0.764. The Morgan fingerprint density at radius 3 is 2.15 bits per heavy atom. The van der Waals surface area contributed by atoms with Crippen molar-refractivity contribution in [3.8, 4) is 11.6 Å². The van der Waals surface area contributed by atoms with Crippen molar-refractivity contribution in [3.63, 3.8) is 0 Å². The van der Waals surface area contributed by atoms with Crippen LogP contribution in [0.2, 0.25) is 5.02 Å². The van der Waals surface area contributed by atoms with Gasteiger partial charge in [-0.15, -0.1) is 0 Å². The fraction of sp³-hybridized carbons (Fsp3) is 0.214.